The maximum absolute atomic E-state index is 8.93. The summed E-state index contributed by atoms with van der Waals surface area (Å²) in [5.74, 6) is 0.950. The van der Waals surface area contributed by atoms with E-state index in [0.717, 1.165) is 17.7 Å². The van der Waals surface area contributed by atoms with Crippen LogP contribution in [0.4, 0.5) is 0 Å². The monoisotopic (exact) mass is 193 g/mol. The number of nitrogens with two attached hydrogens (primary N) is 1. The number of hydrogen-bond acceptors (Lipinski definition) is 3. The Bertz CT molecular complexity index is 338. The zero-order chi connectivity index (χ0) is 10.1. The largest absolute Gasteiger partial charge is 0.490 e. The van der Waals surface area contributed by atoms with Crippen molar-refractivity contribution in [2.45, 2.75) is 25.5 Å². The van der Waals surface area contributed by atoms with Gasteiger partial charge >= 0.3 is 0 Å². The maximum atomic E-state index is 8.93. The van der Waals surface area contributed by atoms with Crippen LogP contribution in [-0.4, -0.2) is 17.8 Å². The third kappa shape index (κ3) is 1.61. The molecule has 3 nitrogen and oxygen atoms in total. The molecule has 1 aliphatic rings. The average molecular weight is 193 g/mol. The Hall–Kier alpha value is -1.06. The maximum Gasteiger partial charge on any atom is 0.123 e. The lowest BCUT2D eigenvalue weighted by molar-refractivity contribution is 0.254. The number of fused-ring (bicyclic) bond motifs is 1. The molecule has 0 aliphatic carbocycles. The Morgan fingerprint density at radius 3 is 3.14 bits per heavy atom. The van der Waals surface area contributed by atoms with E-state index in [4.69, 9.17) is 15.6 Å². The molecule has 1 aromatic rings. The molecule has 2 rings (SSSR count). The van der Waals surface area contributed by atoms with Gasteiger partial charge in [-0.25, -0.2) is 0 Å². The number of aliphatic hydroxyl groups is 1. The Morgan fingerprint density at radius 2 is 2.43 bits per heavy atom. The van der Waals surface area contributed by atoms with Crippen molar-refractivity contribution >= 4 is 0 Å². The smallest absolute Gasteiger partial charge is 0.123 e. The third-order valence-corrected chi connectivity index (χ3v) is 2.54. The van der Waals surface area contributed by atoms with Crippen LogP contribution in [0.2, 0.25) is 0 Å². The van der Waals surface area contributed by atoms with Gasteiger partial charge in [0.1, 0.15) is 11.9 Å². The predicted octanol–water partition coefficient (Wildman–Crippen LogP) is 1.00. The van der Waals surface area contributed by atoms with E-state index in [2.05, 4.69) is 0 Å². The first-order chi connectivity index (χ1) is 6.70. The minimum absolute atomic E-state index is 0.0187. The highest BCUT2D eigenvalue weighted by Gasteiger charge is 2.19. The molecule has 1 heterocycles. The van der Waals surface area contributed by atoms with E-state index in [1.807, 2.05) is 25.1 Å². The summed E-state index contributed by atoms with van der Waals surface area (Å²) in [5, 5.41) is 8.93. The number of benzene rings is 1. The van der Waals surface area contributed by atoms with Gasteiger partial charge in [-0.15, -0.1) is 0 Å². The van der Waals surface area contributed by atoms with E-state index in [1.54, 1.807) is 0 Å². The molecule has 2 unspecified atom stereocenters. The van der Waals surface area contributed by atoms with Gasteiger partial charge in [0, 0.05) is 6.42 Å². The van der Waals surface area contributed by atoms with Crippen LogP contribution < -0.4 is 10.5 Å². The van der Waals surface area contributed by atoms with Crippen LogP contribution in [0.25, 0.3) is 0 Å². The summed E-state index contributed by atoms with van der Waals surface area (Å²) in [7, 11) is 0. The number of rotatable bonds is 2. The van der Waals surface area contributed by atoms with E-state index in [-0.39, 0.29) is 18.8 Å². The molecule has 1 aromatic carbocycles. The molecule has 14 heavy (non-hydrogen) atoms. The summed E-state index contributed by atoms with van der Waals surface area (Å²) in [6, 6.07) is 5.59. The van der Waals surface area contributed by atoms with Gasteiger partial charge in [0.15, 0.2) is 0 Å². The first kappa shape index (κ1) is 9.49. The van der Waals surface area contributed by atoms with Crippen LogP contribution in [-0.2, 0) is 6.42 Å². The number of aliphatic hydroxyl groups excluding tert-OH is 1. The fraction of sp³-hybridized carbons (Fsp3) is 0.455. The highest BCUT2D eigenvalue weighted by Crippen LogP contribution is 2.30. The molecule has 2 atom stereocenters. The molecule has 1 aliphatic heterocycles. The predicted molar refractivity (Wildman–Crippen MR) is 54.3 cm³/mol. The average Bonchev–Trinajstić information content (AvgIpc) is 2.55. The Kier molecular flexibility index (Phi) is 2.44. The SMILES string of the molecule is CC1Cc2cc(C(N)CO)ccc2O1. The van der Waals surface area contributed by atoms with Crippen LogP contribution in [0.1, 0.15) is 24.1 Å². The summed E-state index contributed by atoms with van der Waals surface area (Å²) in [5.41, 5.74) is 7.90. The topological polar surface area (TPSA) is 55.5 Å². The lowest BCUT2D eigenvalue weighted by Gasteiger charge is -2.09. The fourth-order valence-electron chi connectivity index (χ4n) is 1.78. The molecular formula is C11H15NO2. The van der Waals surface area contributed by atoms with Gasteiger partial charge in [0.05, 0.1) is 12.6 Å². The Labute approximate surface area is 83.5 Å². The van der Waals surface area contributed by atoms with Crippen LogP contribution in [0.15, 0.2) is 18.2 Å². The van der Waals surface area contributed by atoms with Gasteiger partial charge in [0.25, 0.3) is 0 Å². The van der Waals surface area contributed by atoms with Crippen molar-refractivity contribution in [3.8, 4) is 5.75 Å². The molecule has 0 saturated carbocycles. The summed E-state index contributed by atoms with van der Waals surface area (Å²) in [6.45, 7) is 2.03. The minimum Gasteiger partial charge on any atom is -0.490 e. The van der Waals surface area contributed by atoms with Crippen molar-refractivity contribution in [3.63, 3.8) is 0 Å². The molecule has 0 saturated heterocycles. The fourth-order valence-corrected chi connectivity index (χ4v) is 1.78. The van der Waals surface area contributed by atoms with Crippen molar-refractivity contribution in [2.24, 2.45) is 5.73 Å². The van der Waals surface area contributed by atoms with Gasteiger partial charge in [0.2, 0.25) is 0 Å². The molecule has 0 spiro atoms. The Morgan fingerprint density at radius 1 is 1.64 bits per heavy atom. The lowest BCUT2D eigenvalue weighted by Crippen LogP contribution is -2.14. The molecule has 0 fully saturated rings. The molecule has 0 amide bonds. The zero-order valence-electron chi connectivity index (χ0n) is 8.23. The molecule has 3 heteroatoms. The summed E-state index contributed by atoms with van der Waals surface area (Å²) >= 11 is 0. The molecule has 76 valence electrons. The summed E-state index contributed by atoms with van der Waals surface area (Å²) in [4.78, 5) is 0. The van der Waals surface area contributed by atoms with E-state index < -0.39 is 0 Å². The minimum atomic E-state index is -0.281. The van der Waals surface area contributed by atoms with Crippen molar-refractivity contribution < 1.29 is 9.84 Å². The van der Waals surface area contributed by atoms with E-state index >= 15 is 0 Å². The van der Waals surface area contributed by atoms with Crippen molar-refractivity contribution in [1.82, 2.24) is 0 Å². The first-order valence-electron chi connectivity index (χ1n) is 4.86. The lowest BCUT2D eigenvalue weighted by atomic mass is 10.0. The summed E-state index contributed by atoms with van der Waals surface area (Å²) in [6.07, 6.45) is 1.19. The third-order valence-electron chi connectivity index (χ3n) is 2.54. The van der Waals surface area contributed by atoms with Crippen LogP contribution in [0.3, 0.4) is 0 Å². The quantitative estimate of drug-likeness (QED) is 0.736. The first-order valence-corrected chi connectivity index (χ1v) is 4.86. The molecule has 0 aromatic heterocycles. The van der Waals surface area contributed by atoms with Gasteiger partial charge in [-0.05, 0) is 24.1 Å². The van der Waals surface area contributed by atoms with E-state index in [0.29, 0.717) is 0 Å². The van der Waals surface area contributed by atoms with Crippen LogP contribution in [0.5, 0.6) is 5.75 Å². The summed E-state index contributed by atoms with van der Waals surface area (Å²) < 4.78 is 5.57. The van der Waals surface area contributed by atoms with Crippen molar-refractivity contribution in [1.29, 1.82) is 0 Å². The standard InChI is InChI=1S/C11H15NO2/c1-7-4-9-5-8(10(12)6-13)2-3-11(9)14-7/h2-3,5,7,10,13H,4,6,12H2,1H3. The van der Waals surface area contributed by atoms with Gasteiger partial charge in [-0.3, -0.25) is 0 Å². The second-order valence-corrected chi connectivity index (χ2v) is 3.79. The highest BCUT2D eigenvalue weighted by molar-refractivity contribution is 5.41. The molecular weight excluding hydrogens is 178 g/mol. The van der Waals surface area contributed by atoms with Gasteiger partial charge in [-0.2, -0.15) is 0 Å². The molecule has 3 N–H and O–H groups in total. The Balaban J connectivity index is 2.28. The van der Waals surface area contributed by atoms with E-state index in [9.17, 15) is 0 Å². The van der Waals surface area contributed by atoms with Crippen molar-refractivity contribution in [2.75, 3.05) is 6.61 Å². The number of ether oxygens (including phenoxy) is 1. The zero-order valence-corrected chi connectivity index (χ0v) is 8.23. The second kappa shape index (κ2) is 3.59. The molecule has 0 radical (unpaired) electrons. The van der Waals surface area contributed by atoms with Crippen LogP contribution >= 0.6 is 0 Å². The second-order valence-electron chi connectivity index (χ2n) is 3.79. The highest BCUT2D eigenvalue weighted by atomic mass is 16.5. The number of hydrogen-bond donors (Lipinski definition) is 2. The normalized spacial score (nSPS) is 21.5. The van der Waals surface area contributed by atoms with Crippen LogP contribution in [0, 0.1) is 0 Å². The molecule has 0 bridgehead atoms. The van der Waals surface area contributed by atoms with E-state index in [1.165, 1.54) is 5.56 Å². The van der Waals surface area contributed by atoms with Crippen molar-refractivity contribution in [3.05, 3.63) is 29.3 Å². The van der Waals surface area contributed by atoms with Gasteiger partial charge < -0.3 is 15.6 Å². The van der Waals surface area contributed by atoms with Gasteiger partial charge in [-0.1, -0.05) is 12.1 Å².